The number of hydrogen-bond acceptors (Lipinski definition) is 7. The highest BCUT2D eigenvalue weighted by atomic mass is 32.1. The number of anilines is 1. The molecule has 0 radical (unpaired) electrons. The highest BCUT2D eigenvalue weighted by Gasteiger charge is 2.36. The zero-order chi connectivity index (χ0) is 18.7. The molecule has 26 heavy (non-hydrogen) atoms. The third-order valence-electron chi connectivity index (χ3n) is 4.27. The molecule has 1 fully saturated rings. The Balaban J connectivity index is 1.73. The molecule has 3 rings (SSSR count). The van der Waals surface area contributed by atoms with Crippen LogP contribution in [-0.4, -0.2) is 41.0 Å². The molecule has 0 unspecified atom stereocenters. The quantitative estimate of drug-likeness (QED) is 0.849. The van der Waals surface area contributed by atoms with Crippen LogP contribution in [0.3, 0.4) is 0 Å². The van der Waals surface area contributed by atoms with Gasteiger partial charge in [-0.1, -0.05) is 0 Å². The van der Waals surface area contributed by atoms with Crippen molar-refractivity contribution in [1.82, 2.24) is 15.0 Å². The summed E-state index contributed by atoms with van der Waals surface area (Å²) < 4.78 is 36.8. The van der Waals surface area contributed by atoms with Crippen molar-refractivity contribution in [2.24, 2.45) is 0 Å². The van der Waals surface area contributed by atoms with Gasteiger partial charge in [-0.25, -0.2) is 23.7 Å². The van der Waals surface area contributed by atoms with Gasteiger partial charge in [0.1, 0.15) is 6.33 Å². The van der Waals surface area contributed by atoms with Crippen molar-refractivity contribution in [2.45, 2.75) is 37.5 Å². The van der Waals surface area contributed by atoms with Gasteiger partial charge < -0.3 is 9.47 Å². The van der Waals surface area contributed by atoms with E-state index < -0.39 is 11.8 Å². The zero-order valence-corrected chi connectivity index (χ0v) is 15.1. The Morgan fingerprint density at radius 2 is 1.85 bits per heavy atom. The first-order valence-corrected chi connectivity index (χ1v) is 8.89. The number of aromatic nitrogens is 3. The molecule has 0 atom stereocenters. The molecule has 0 saturated heterocycles. The number of nitrogens with one attached hydrogen (secondary N) is 1. The molecule has 0 aromatic carbocycles. The second kappa shape index (κ2) is 7.48. The fraction of sp³-hybridized carbons (Fsp3) is 0.500. The van der Waals surface area contributed by atoms with Crippen molar-refractivity contribution in [3.05, 3.63) is 23.0 Å². The zero-order valence-electron chi connectivity index (χ0n) is 14.3. The molecule has 10 heteroatoms. The first kappa shape index (κ1) is 18.4. The Labute approximate surface area is 152 Å². The topological polar surface area (TPSA) is 86.2 Å². The van der Waals surface area contributed by atoms with E-state index in [4.69, 9.17) is 9.47 Å². The number of alkyl halides is 2. The van der Waals surface area contributed by atoms with Gasteiger partial charge in [-0.2, -0.15) is 0 Å². The summed E-state index contributed by atoms with van der Waals surface area (Å²) >= 11 is 1.24. The van der Waals surface area contributed by atoms with Gasteiger partial charge in [-0.15, -0.1) is 11.3 Å². The lowest BCUT2D eigenvalue weighted by Crippen LogP contribution is -2.23. The highest BCUT2D eigenvalue weighted by Crippen LogP contribution is 2.41. The van der Waals surface area contributed by atoms with Gasteiger partial charge in [0.25, 0.3) is 5.91 Å². The number of hydrogen-bond donors (Lipinski definition) is 1. The third-order valence-corrected chi connectivity index (χ3v) is 5.05. The van der Waals surface area contributed by atoms with Crippen LogP contribution in [0.15, 0.2) is 11.7 Å². The van der Waals surface area contributed by atoms with E-state index in [-0.39, 0.29) is 36.1 Å². The molecule has 0 aliphatic heterocycles. The van der Waals surface area contributed by atoms with Crippen molar-refractivity contribution < 1.29 is 23.0 Å². The number of amides is 1. The van der Waals surface area contributed by atoms with Crippen LogP contribution < -0.4 is 14.8 Å². The predicted molar refractivity (Wildman–Crippen MR) is 91.4 cm³/mol. The van der Waals surface area contributed by atoms with Gasteiger partial charge in [-0.05, 0) is 12.8 Å². The molecule has 1 N–H and O–H groups in total. The summed E-state index contributed by atoms with van der Waals surface area (Å²) in [5, 5.41) is 4.83. The van der Waals surface area contributed by atoms with Gasteiger partial charge in [0, 0.05) is 24.1 Å². The van der Waals surface area contributed by atoms with Crippen molar-refractivity contribution >= 4 is 22.4 Å². The lowest BCUT2D eigenvalue weighted by molar-refractivity contribution is -0.0384. The molecule has 0 spiro atoms. The molecule has 1 aliphatic rings. The molecular formula is C16H18F2N4O3S. The minimum Gasteiger partial charge on any atom is -0.480 e. The Bertz CT molecular complexity index is 767. The van der Waals surface area contributed by atoms with E-state index in [2.05, 4.69) is 20.3 Å². The summed E-state index contributed by atoms with van der Waals surface area (Å²) in [6, 6.07) is 0. The number of nitrogens with zero attached hydrogens (tertiary/aromatic N) is 3. The Morgan fingerprint density at radius 1 is 1.23 bits per heavy atom. The Kier molecular flexibility index (Phi) is 5.30. The van der Waals surface area contributed by atoms with Crippen LogP contribution in [0.25, 0.3) is 0 Å². The molecule has 2 heterocycles. The predicted octanol–water partition coefficient (Wildman–Crippen LogP) is 3.50. The van der Waals surface area contributed by atoms with Crippen LogP contribution in [0, 0.1) is 0 Å². The molecular weight excluding hydrogens is 366 g/mol. The van der Waals surface area contributed by atoms with Crippen molar-refractivity contribution in [2.75, 3.05) is 19.5 Å². The van der Waals surface area contributed by atoms with Crippen molar-refractivity contribution in [3.8, 4) is 11.8 Å². The summed E-state index contributed by atoms with van der Waals surface area (Å²) in [6.07, 6.45) is 1.74. The second-order valence-corrected chi connectivity index (χ2v) is 6.79. The van der Waals surface area contributed by atoms with E-state index in [0.29, 0.717) is 18.0 Å². The molecule has 140 valence electrons. The molecule has 1 aliphatic carbocycles. The monoisotopic (exact) mass is 384 g/mol. The minimum absolute atomic E-state index is 0.0133. The van der Waals surface area contributed by atoms with Gasteiger partial charge in [0.05, 0.1) is 19.9 Å². The SMILES string of the molecule is COc1ncnc(OC)c1C(=O)Nc1nc(C2CCC(F)(F)CC2)cs1. The lowest BCUT2D eigenvalue weighted by Gasteiger charge is -2.27. The van der Waals surface area contributed by atoms with Crippen molar-refractivity contribution in [1.29, 1.82) is 0 Å². The molecule has 2 aromatic heterocycles. The van der Waals surface area contributed by atoms with Crippen LogP contribution in [0.4, 0.5) is 13.9 Å². The van der Waals surface area contributed by atoms with Crippen molar-refractivity contribution in [3.63, 3.8) is 0 Å². The average molecular weight is 384 g/mol. The number of carbonyl (C=O) groups excluding carboxylic acids is 1. The standard InChI is InChI=1S/C16H18F2N4O3S/c1-24-13-11(14(25-2)20-8-19-13)12(23)22-15-21-10(7-26-15)9-3-5-16(17,18)6-4-9/h7-9H,3-6H2,1-2H3,(H,21,22,23). The third kappa shape index (κ3) is 3.90. The maximum absolute atomic E-state index is 13.3. The molecule has 1 saturated carbocycles. The number of rotatable bonds is 5. The van der Waals surface area contributed by atoms with Crippen LogP contribution in [-0.2, 0) is 0 Å². The first-order valence-electron chi connectivity index (χ1n) is 8.01. The Morgan fingerprint density at radius 3 is 2.42 bits per heavy atom. The molecule has 7 nitrogen and oxygen atoms in total. The number of methoxy groups -OCH3 is 2. The fourth-order valence-electron chi connectivity index (χ4n) is 2.88. The number of halogens is 2. The number of carbonyl (C=O) groups is 1. The smallest absolute Gasteiger partial charge is 0.268 e. The maximum atomic E-state index is 13.3. The van der Waals surface area contributed by atoms with Crippen LogP contribution in [0.2, 0.25) is 0 Å². The maximum Gasteiger partial charge on any atom is 0.268 e. The Hall–Kier alpha value is -2.36. The minimum atomic E-state index is -2.58. The number of ether oxygens (including phenoxy) is 2. The van der Waals surface area contributed by atoms with Gasteiger partial charge in [0.15, 0.2) is 10.7 Å². The van der Waals surface area contributed by atoms with E-state index in [9.17, 15) is 13.6 Å². The summed E-state index contributed by atoms with van der Waals surface area (Å²) in [4.78, 5) is 24.7. The van der Waals surface area contributed by atoms with E-state index in [1.165, 1.54) is 31.9 Å². The van der Waals surface area contributed by atoms with E-state index >= 15 is 0 Å². The molecule has 1 amide bonds. The summed E-state index contributed by atoms with van der Waals surface area (Å²) in [5.41, 5.74) is 0.788. The lowest BCUT2D eigenvalue weighted by atomic mass is 9.85. The second-order valence-electron chi connectivity index (χ2n) is 5.93. The highest BCUT2D eigenvalue weighted by molar-refractivity contribution is 7.14. The molecule has 0 bridgehead atoms. The molecule has 2 aromatic rings. The average Bonchev–Trinajstić information content (AvgIpc) is 3.09. The summed E-state index contributed by atoms with van der Waals surface area (Å²) in [7, 11) is 2.78. The van der Waals surface area contributed by atoms with Gasteiger partial charge in [0.2, 0.25) is 17.7 Å². The van der Waals surface area contributed by atoms with E-state index in [0.717, 1.165) is 5.69 Å². The van der Waals surface area contributed by atoms with E-state index in [1.807, 2.05) is 0 Å². The van der Waals surface area contributed by atoms with E-state index in [1.54, 1.807) is 5.38 Å². The van der Waals surface area contributed by atoms with Gasteiger partial charge in [-0.3, -0.25) is 10.1 Å². The largest absolute Gasteiger partial charge is 0.480 e. The van der Waals surface area contributed by atoms with Crippen LogP contribution in [0.1, 0.15) is 47.7 Å². The summed E-state index contributed by atoms with van der Waals surface area (Å²) in [6.45, 7) is 0. The van der Waals surface area contributed by atoms with Crippen LogP contribution in [0.5, 0.6) is 11.8 Å². The van der Waals surface area contributed by atoms with Gasteiger partial charge >= 0.3 is 0 Å². The first-order chi connectivity index (χ1) is 12.4. The van der Waals surface area contributed by atoms with Crippen LogP contribution >= 0.6 is 11.3 Å². The fourth-order valence-corrected chi connectivity index (χ4v) is 3.67. The summed E-state index contributed by atoms with van der Waals surface area (Å²) in [5.74, 6) is -2.94. The number of thiazole rings is 1. The normalized spacial score (nSPS) is 16.9.